The van der Waals surface area contributed by atoms with E-state index in [1.54, 1.807) is 0 Å². The molecule has 98 valence electrons. The van der Waals surface area contributed by atoms with Gasteiger partial charge in [-0.3, -0.25) is 4.90 Å². The van der Waals surface area contributed by atoms with Crippen molar-refractivity contribution in [3.63, 3.8) is 0 Å². The third-order valence-electron chi connectivity index (χ3n) is 4.19. The Morgan fingerprint density at radius 1 is 1.39 bits per heavy atom. The van der Waals surface area contributed by atoms with Gasteiger partial charge in [0.1, 0.15) is 0 Å². The zero-order valence-corrected chi connectivity index (χ0v) is 11.1. The number of likely N-dealkylation sites (N-methyl/N-ethyl adjacent to an activating group) is 1. The Balaban J connectivity index is 1.77. The Morgan fingerprint density at radius 2 is 2.28 bits per heavy atom. The lowest BCUT2D eigenvalue weighted by molar-refractivity contribution is 0.0615. The summed E-state index contributed by atoms with van der Waals surface area (Å²) < 4.78 is 5.57. The molecule has 1 aromatic rings. The average Bonchev–Trinajstić information content (AvgIpc) is 2.43. The summed E-state index contributed by atoms with van der Waals surface area (Å²) in [6.07, 6.45) is 2.32. The molecule has 3 rings (SSSR count). The Morgan fingerprint density at radius 3 is 3.11 bits per heavy atom. The van der Waals surface area contributed by atoms with Crippen LogP contribution in [0.25, 0.3) is 0 Å². The van der Waals surface area contributed by atoms with Crippen LogP contribution in [-0.2, 0) is 11.2 Å². The van der Waals surface area contributed by atoms with Gasteiger partial charge >= 0.3 is 0 Å². The Kier molecular flexibility index (Phi) is 3.64. The standard InChI is InChI=1S/C15H22N2O/c1-17-8-6-12-4-2-3-5-14(12)15(17)10-13-11-18-9-7-16-13/h2-5,13,15-16H,6-11H2,1H3. The molecule has 1 N–H and O–H groups in total. The molecule has 0 aliphatic carbocycles. The largest absolute Gasteiger partial charge is 0.379 e. The summed E-state index contributed by atoms with van der Waals surface area (Å²) in [6, 6.07) is 9.92. The molecule has 0 aromatic heterocycles. The normalized spacial score (nSPS) is 28.9. The number of fused-ring (bicyclic) bond motifs is 1. The summed E-state index contributed by atoms with van der Waals surface area (Å²) in [5.41, 5.74) is 3.04. The molecule has 3 heteroatoms. The van der Waals surface area contributed by atoms with E-state index in [-0.39, 0.29) is 0 Å². The second kappa shape index (κ2) is 5.39. The fraction of sp³-hybridized carbons (Fsp3) is 0.600. The number of rotatable bonds is 2. The second-order valence-corrected chi connectivity index (χ2v) is 5.41. The van der Waals surface area contributed by atoms with Crippen molar-refractivity contribution in [2.75, 3.05) is 33.4 Å². The Labute approximate surface area is 109 Å². The predicted molar refractivity (Wildman–Crippen MR) is 72.7 cm³/mol. The molecule has 0 spiro atoms. The van der Waals surface area contributed by atoms with E-state index in [0.29, 0.717) is 12.1 Å². The molecule has 2 heterocycles. The van der Waals surface area contributed by atoms with Crippen LogP contribution in [0.1, 0.15) is 23.6 Å². The van der Waals surface area contributed by atoms with Crippen molar-refractivity contribution in [3.8, 4) is 0 Å². The van der Waals surface area contributed by atoms with Crippen molar-refractivity contribution < 1.29 is 4.74 Å². The van der Waals surface area contributed by atoms with Crippen LogP contribution in [0.5, 0.6) is 0 Å². The van der Waals surface area contributed by atoms with E-state index in [2.05, 4.69) is 41.5 Å². The molecule has 2 aliphatic rings. The van der Waals surface area contributed by atoms with Gasteiger partial charge < -0.3 is 10.1 Å². The number of hydrogen-bond donors (Lipinski definition) is 1. The van der Waals surface area contributed by atoms with Gasteiger partial charge in [-0.05, 0) is 31.0 Å². The molecule has 1 saturated heterocycles. The SMILES string of the molecule is CN1CCc2ccccc2C1CC1COCCN1. The molecular formula is C15H22N2O. The third kappa shape index (κ3) is 2.44. The van der Waals surface area contributed by atoms with Gasteiger partial charge in [-0.1, -0.05) is 24.3 Å². The number of benzene rings is 1. The number of ether oxygens (including phenoxy) is 1. The van der Waals surface area contributed by atoms with Crippen LogP contribution in [0, 0.1) is 0 Å². The first-order valence-corrected chi connectivity index (χ1v) is 6.94. The highest BCUT2D eigenvalue weighted by Gasteiger charge is 2.27. The zero-order chi connectivity index (χ0) is 12.4. The first-order chi connectivity index (χ1) is 8.84. The molecule has 18 heavy (non-hydrogen) atoms. The van der Waals surface area contributed by atoms with E-state index >= 15 is 0 Å². The molecule has 2 unspecified atom stereocenters. The lowest BCUT2D eigenvalue weighted by Gasteiger charge is -2.37. The van der Waals surface area contributed by atoms with Gasteiger partial charge in [-0.2, -0.15) is 0 Å². The molecule has 0 amide bonds. The number of morpholine rings is 1. The van der Waals surface area contributed by atoms with Crippen LogP contribution in [0.3, 0.4) is 0 Å². The van der Waals surface area contributed by atoms with Gasteiger partial charge in [0, 0.05) is 25.2 Å². The van der Waals surface area contributed by atoms with Crippen molar-refractivity contribution in [1.29, 1.82) is 0 Å². The molecule has 2 aliphatic heterocycles. The van der Waals surface area contributed by atoms with E-state index < -0.39 is 0 Å². The van der Waals surface area contributed by atoms with E-state index in [9.17, 15) is 0 Å². The molecule has 3 nitrogen and oxygen atoms in total. The van der Waals surface area contributed by atoms with Gasteiger partial charge in [0.05, 0.1) is 13.2 Å². The highest BCUT2D eigenvalue weighted by Crippen LogP contribution is 2.32. The van der Waals surface area contributed by atoms with Crippen molar-refractivity contribution in [2.45, 2.75) is 24.9 Å². The fourth-order valence-electron chi connectivity index (χ4n) is 3.12. The first-order valence-electron chi connectivity index (χ1n) is 6.94. The topological polar surface area (TPSA) is 24.5 Å². The maximum atomic E-state index is 5.57. The molecule has 0 bridgehead atoms. The second-order valence-electron chi connectivity index (χ2n) is 5.41. The summed E-state index contributed by atoms with van der Waals surface area (Å²) >= 11 is 0. The number of nitrogens with one attached hydrogen (secondary N) is 1. The quantitative estimate of drug-likeness (QED) is 0.858. The highest BCUT2D eigenvalue weighted by atomic mass is 16.5. The van der Waals surface area contributed by atoms with Gasteiger partial charge in [0.15, 0.2) is 0 Å². The van der Waals surface area contributed by atoms with E-state index in [4.69, 9.17) is 4.74 Å². The van der Waals surface area contributed by atoms with Crippen molar-refractivity contribution in [1.82, 2.24) is 10.2 Å². The van der Waals surface area contributed by atoms with Crippen molar-refractivity contribution in [3.05, 3.63) is 35.4 Å². The van der Waals surface area contributed by atoms with Crippen LogP contribution >= 0.6 is 0 Å². The number of hydrogen-bond acceptors (Lipinski definition) is 3. The molecule has 1 fully saturated rings. The van der Waals surface area contributed by atoms with Crippen LogP contribution in [-0.4, -0.2) is 44.3 Å². The van der Waals surface area contributed by atoms with Gasteiger partial charge in [-0.15, -0.1) is 0 Å². The highest BCUT2D eigenvalue weighted by molar-refractivity contribution is 5.32. The minimum Gasteiger partial charge on any atom is -0.379 e. The van der Waals surface area contributed by atoms with Crippen molar-refractivity contribution in [2.24, 2.45) is 0 Å². The molecule has 0 saturated carbocycles. The van der Waals surface area contributed by atoms with Gasteiger partial charge in [-0.25, -0.2) is 0 Å². The fourth-order valence-corrected chi connectivity index (χ4v) is 3.12. The van der Waals surface area contributed by atoms with E-state index in [1.165, 1.54) is 17.5 Å². The zero-order valence-electron chi connectivity index (χ0n) is 11.1. The minimum absolute atomic E-state index is 0.498. The summed E-state index contributed by atoms with van der Waals surface area (Å²) in [6.45, 7) is 3.86. The van der Waals surface area contributed by atoms with E-state index in [1.807, 2.05) is 0 Å². The number of nitrogens with zero attached hydrogens (tertiary/aromatic N) is 1. The smallest absolute Gasteiger partial charge is 0.0620 e. The van der Waals surface area contributed by atoms with Gasteiger partial charge in [0.25, 0.3) is 0 Å². The summed E-state index contributed by atoms with van der Waals surface area (Å²) in [4.78, 5) is 2.48. The molecule has 2 atom stereocenters. The summed E-state index contributed by atoms with van der Waals surface area (Å²) in [5.74, 6) is 0. The Bertz CT molecular complexity index is 401. The van der Waals surface area contributed by atoms with Crippen LogP contribution in [0.15, 0.2) is 24.3 Å². The van der Waals surface area contributed by atoms with Crippen LogP contribution in [0.4, 0.5) is 0 Å². The maximum Gasteiger partial charge on any atom is 0.0620 e. The molecule has 1 aromatic carbocycles. The summed E-state index contributed by atoms with van der Waals surface area (Å²) in [7, 11) is 2.24. The van der Waals surface area contributed by atoms with Crippen LogP contribution < -0.4 is 5.32 Å². The Hall–Kier alpha value is -0.900. The monoisotopic (exact) mass is 246 g/mol. The predicted octanol–water partition coefficient (Wildman–Crippen LogP) is 1.59. The third-order valence-corrected chi connectivity index (χ3v) is 4.19. The minimum atomic E-state index is 0.498. The summed E-state index contributed by atoms with van der Waals surface area (Å²) in [5, 5.41) is 3.57. The first kappa shape index (κ1) is 12.2. The lowest BCUT2D eigenvalue weighted by atomic mass is 9.89. The van der Waals surface area contributed by atoms with Gasteiger partial charge in [0.2, 0.25) is 0 Å². The molecular weight excluding hydrogens is 224 g/mol. The maximum absolute atomic E-state index is 5.57. The van der Waals surface area contributed by atoms with Crippen molar-refractivity contribution >= 4 is 0 Å². The van der Waals surface area contributed by atoms with Crippen LogP contribution in [0.2, 0.25) is 0 Å². The molecule has 0 radical (unpaired) electrons. The lowest BCUT2D eigenvalue weighted by Crippen LogP contribution is -2.44. The van der Waals surface area contributed by atoms with E-state index in [0.717, 1.165) is 32.7 Å². The average molecular weight is 246 g/mol.